The zero-order valence-electron chi connectivity index (χ0n) is 26.8. The molecule has 6 unspecified atom stereocenters. The summed E-state index contributed by atoms with van der Waals surface area (Å²) >= 11 is 0. The first-order valence-corrected chi connectivity index (χ1v) is 19.6. The second-order valence-corrected chi connectivity index (χ2v) is 13.5. The average molecular weight is 1000 g/mol. The molecule has 6 rings (SSSR count). The first kappa shape index (κ1) is 52.9. The van der Waals surface area contributed by atoms with Gasteiger partial charge in [-0.2, -0.15) is 0 Å². The van der Waals surface area contributed by atoms with E-state index in [9.17, 15) is 27.4 Å². The molecule has 0 saturated carbocycles. The van der Waals surface area contributed by atoms with E-state index < -0.39 is 0 Å². The Balaban J connectivity index is -0.000000536. The summed E-state index contributed by atoms with van der Waals surface area (Å²) in [5.74, 6) is 0. The van der Waals surface area contributed by atoms with E-state index in [1.165, 1.54) is 0 Å². The second kappa shape index (κ2) is 38.8. The van der Waals surface area contributed by atoms with E-state index in [4.69, 9.17) is 0 Å². The van der Waals surface area contributed by atoms with Crippen LogP contribution in [0.1, 0.15) is 0 Å². The summed E-state index contributed by atoms with van der Waals surface area (Å²) in [6.45, 7) is 0. The number of hydrogen-bond acceptors (Lipinski definition) is 6. The van der Waals surface area contributed by atoms with Crippen molar-refractivity contribution >= 4 is 95.0 Å². The Labute approximate surface area is 342 Å². The molecule has 6 nitrogen and oxygen atoms in total. The SMILES string of the molecule is Cl.O=[PH+]c1ccccc1.O=[PH+]c1ccccc1.O=[PH+]c1ccccc1.O=[PH+]c1ccccc1.O=[PH+]c1ccccc1.O=[PH+]c1ccccc1.[Pd].[Pd]. The standard InChI is InChI=1S/6C6H5OP.ClH.2Pd/c6*7-8-6-4-2-1-3-5-6;;;/h6*1-5H;1H;;/p+6. The van der Waals surface area contributed by atoms with Gasteiger partial charge in [-0.1, -0.05) is 137 Å². The predicted octanol–water partition coefficient (Wildman–Crippen LogP) is 8.43. The quantitative estimate of drug-likeness (QED) is 0.123. The fourth-order valence-electron chi connectivity index (χ4n) is 3.04. The molecule has 0 aliphatic heterocycles. The molecule has 0 bridgehead atoms. The van der Waals surface area contributed by atoms with Gasteiger partial charge in [0.25, 0.3) is 0 Å². The van der Waals surface area contributed by atoms with E-state index >= 15 is 0 Å². The molecular formula is C36H37ClO6P6Pd2+6. The summed E-state index contributed by atoms with van der Waals surface area (Å²) in [7, 11) is -1.92. The van der Waals surface area contributed by atoms with Gasteiger partial charge in [-0.3, -0.25) is 0 Å². The summed E-state index contributed by atoms with van der Waals surface area (Å²) < 4.78 is 61.0. The van der Waals surface area contributed by atoms with Crippen LogP contribution in [0.3, 0.4) is 0 Å². The van der Waals surface area contributed by atoms with Crippen LogP contribution in [0.5, 0.6) is 0 Å². The first-order valence-electron chi connectivity index (χ1n) is 14.2. The predicted molar refractivity (Wildman–Crippen MR) is 218 cm³/mol. The van der Waals surface area contributed by atoms with Crippen LogP contribution in [-0.2, 0) is 68.2 Å². The van der Waals surface area contributed by atoms with Crippen LogP contribution >= 0.6 is 63.2 Å². The molecule has 0 saturated heterocycles. The summed E-state index contributed by atoms with van der Waals surface area (Å²) in [4.78, 5) is 0. The summed E-state index contributed by atoms with van der Waals surface area (Å²) in [5, 5.41) is 5.29. The molecule has 6 aromatic rings. The van der Waals surface area contributed by atoms with Crippen LogP contribution in [0.25, 0.3) is 0 Å². The fraction of sp³-hybridized carbons (Fsp3) is 0. The van der Waals surface area contributed by atoms with E-state index in [-0.39, 0.29) is 104 Å². The van der Waals surface area contributed by atoms with Crippen molar-refractivity contribution in [2.45, 2.75) is 0 Å². The van der Waals surface area contributed by atoms with Gasteiger partial charge in [-0.15, -0.1) is 12.4 Å². The molecule has 0 fully saturated rings. The van der Waals surface area contributed by atoms with E-state index in [2.05, 4.69) is 0 Å². The molecule has 0 amide bonds. The monoisotopic (exact) mass is 998 g/mol. The van der Waals surface area contributed by atoms with Crippen molar-refractivity contribution < 1.29 is 68.2 Å². The summed E-state index contributed by atoms with van der Waals surface area (Å²) in [6.07, 6.45) is 0. The van der Waals surface area contributed by atoms with Crippen LogP contribution in [0.2, 0.25) is 0 Å². The van der Waals surface area contributed by atoms with Crippen LogP contribution in [0.15, 0.2) is 182 Å². The Kier molecular flexibility index (Phi) is 40.2. The van der Waals surface area contributed by atoms with Gasteiger partial charge in [0.1, 0.15) is 0 Å². The Hall–Kier alpha value is -2.47. The topological polar surface area (TPSA) is 102 Å². The second-order valence-electron chi connectivity index (χ2n) is 8.81. The van der Waals surface area contributed by atoms with Crippen molar-refractivity contribution in [1.29, 1.82) is 0 Å². The van der Waals surface area contributed by atoms with Crippen LogP contribution in [-0.4, -0.2) is 0 Å². The van der Waals surface area contributed by atoms with E-state index in [0.29, 0.717) is 0 Å². The van der Waals surface area contributed by atoms with Crippen LogP contribution < -0.4 is 31.8 Å². The van der Waals surface area contributed by atoms with Gasteiger partial charge in [-0.05, 0) is 72.8 Å². The molecule has 0 aliphatic carbocycles. The minimum absolute atomic E-state index is 0. The zero-order chi connectivity index (χ0) is 34.9. The maximum absolute atomic E-state index is 10.2. The molecule has 0 aromatic heterocycles. The van der Waals surface area contributed by atoms with Crippen molar-refractivity contribution in [3.8, 4) is 0 Å². The molecule has 6 atom stereocenters. The van der Waals surface area contributed by atoms with Gasteiger partial charge in [0.05, 0.1) is 0 Å². The number of halogens is 1. The average Bonchev–Trinajstić information content (AvgIpc) is 3.21. The fourth-order valence-corrected chi connectivity index (χ4v) is 5.01. The maximum atomic E-state index is 10.2. The van der Waals surface area contributed by atoms with Crippen LogP contribution in [0, 0.1) is 0 Å². The van der Waals surface area contributed by atoms with E-state index in [0.717, 1.165) is 31.8 Å². The number of hydrogen-bond donors (Lipinski definition) is 0. The third-order valence-corrected chi connectivity index (χ3v) is 8.76. The molecular weight excluding hydrogens is 963 g/mol. The molecule has 15 heteroatoms. The van der Waals surface area contributed by atoms with Gasteiger partial charge in [-0.25, -0.2) is 0 Å². The van der Waals surface area contributed by atoms with E-state index in [1.54, 1.807) is 0 Å². The van der Waals surface area contributed by atoms with Gasteiger partial charge in [0.15, 0.2) is 31.8 Å². The Bertz CT molecular complexity index is 1380. The summed E-state index contributed by atoms with van der Waals surface area (Å²) in [5.41, 5.74) is 0. The molecule has 0 spiro atoms. The Morgan fingerprint density at radius 3 is 0.373 bits per heavy atom. The zero-order valence-corrected chi connectivity index (χ0v) is 36.7. The van der Waals surface area contributed by atoms with Crippen LogP contribution in [0.4, 0.5) is 0 Å². The Morgan fingerprint density at radius 1 is 0.216 bits per heavy atom. The molecule has 0 heterocycles. The number of rotatable bonds is 6. The van der Waals surface area contributed by atoms with Gasteiger partial charge >= 0.3 is 50.8 Å². The van der Waals surface area contributed by atoms with Gasteiger partial charge in [0, 0.05) is 40.8 Å². The minimum Gasteiger partial charge on any atom is -0.147 e. The molecule has 0 radical (unpaired) electrons. The van der Waals surface area contributed by atoms with Crippen molar-refractivity contribution in [1.82, 2.24) is 0 Å². The van der Waals surface area contributed by atoms with Crippen molar-refractivity contribution in [2.24, 2.45) is 0 Å². The normalized spacial score (nSPS) is 8.94. The summed E-state index contributed by atoms with van der Waals surface area (Å²) in [6, 6.07) is 56.0. The van der Waals surface area contributed by atoms with Gasteiger partial charge < -0.3 is 0 Å². The minimum atomic E-state index is -0.320. The molecule has 0 N–H and O–H groups in total. The largest absolute Gasteiger partial charge is 0.363 e. The third-order valence-electron chi connectivity index (χ3n) is 5.35. The number of benzene rings is 6. The smallest absolute Gasteiger partial charge is 0.147 e. The maximum Gasteiger partial charge on any atom is 0.363 e. The Morgan fingerprint density at radius 2 is 0.314 bits per heavy atom. The first-order chi connectivity index (χ1) is 23.6. The molecule has 51 heavy (non-hydrogen) atoms. The molecule has 268 valence electrons. The third kappa shape index (κ3) is 29.8. The van der Waals surface area contributed by atoms with Crippen molar-refractivity contribution in [3.63, 3.8) is 0 Å². The molecule has 6 aromatic carbocycles. The van der Waals surface area contributed by atoms with E-state index in [1.807, 2.05) is 182 Å². The molecule has 0 aliphatic rings. The van der Waals surface area contributed by atoms with Crippen molar-refractivity contribution in [2.75, 3.05) is 0 Å². The van der Waals surface area contributed by atoms with Gasteiger partial charge in [0.2, 0.25) is 0 Å². The van der Waals surface area contributed by atoms with Crippen molar-refractivity contribution in [3.05, 3.63) is 182 Å².